The van der Waals surface area contributed by atoms with Gasteiger partial charge in [-0.3, -0.25) is 0 Å². The number of amidine groups is 1. The van der Waals surface area contributed by atoms with Crippen LogP contribution in [0.2, 0.25) is 0 Å². The first kappa shape index (κ1) is 12.7. The average molecular weight is 247 g/mol. The summed E-state index contributed by atoms with van der Waals surface area (Å²) < 4.78 is 0. The summed E-state index contributed by atoms with van der Waals surface area (Å²) in [6.45, 7) is 8.66. The summed E-state index contributed by atoms with van der Waals surface area (Å²) >= 11 is 0. The van der Waals surface area contributed by atoms with E-state index in [1.54, 1.807) is 0 Å². The van der Waals surface area contributed by atoms with Crippen LogP contribution in [0.1, 0.15) is 25.0 Å². The van der Waals surface area contributed by atoms with Crippen LogP contribution < -0.4 is 10.6 Å². The SMILES string of the molecule is Cc1cccc(/C(N)=N/O)c1N1CC(C)C(C)C1. The fourth-order valence-corrected chi connectivity index (χ4v) is 2.65. The number of anilines is 1. The van der Waals surface area contributed by atoms with Gasteiger partial charge in [0.2, 0.25) is 0 Å². The van der Waals surface area contributed by atoms with E-state index in [0.717, 1.165) is 24.3 Å². The maximum Gasteiger partial charge on any atom is 0.172 e. The van der Waals surface area contributed by atoms with E-state index in [1.165, 1.54) is 5.56 Å². The molecule has 4 heteroatoms. The first-order valence-corrected chi connectivity index (χ1v) is 6.37. The molecule has 2 rings (SSSR count). The molecule has 1 aromatic carbocycles. The van der Waals surface area contributed by atoms with Gasteiger partial charge in [-0.1, -0.05) is 31.1 Å². The van der Waals surface area contributed by atoms with Gasteiger partial charge in [0.05, 0.1) is 5.69 Å². The van der Waals surface area contributed by atoms with E-state index < -0.39 is 0 Å². The van der Waals surface area contributed by atoms with E-state index >= 15 is 0 Å². The summed E-state index contributed by atoms with van der Waals surface area (Å²) in [6, 6.07) is 5.91. The van der Waals surface area contributed by atoms with Gasteiger partial charge in [-0.15, -0.1) is 0 Å². The highest BCUT2D eigenvalue weighted by molar-refractivity contribution is 6.02. The Hall–Kier alpha value is -1.71. The van der Waals surface area contributed by atoms with Gasteiger partial charge in [-0.25, -0.2) is 0 Å². The van der Waals surface area contributed by atoms with Gasteiger partial charge in [-0.05, 0) is 30.4 Å². The zero-order valence-corrected chi connectivity index (χ0v) is 11.2. The van der Waals surface area contributed by atoms with Gasteiger partial charge < -0.3 is 15.8 Å². The highest BCUT2D eigenvalue weighted by Gasteiger charge is 2.28. The molecule has 4 nitrogen and oxygen atoms in total. The number of oxime groups is 1. The Morgan fingerprint density at radius 2 is 1.94 bits per heavy atom. The molecule has 1 aliphatic heterocycles. The van der Waals surface area contributed by atoms with E-state index in [1.807, 2.05) is 12.1 Å². The number of benzene rings is 1. The lowest BCUT2D eigenvalue weighted by atomic mass is 10.0. The summed E-state index contributed by atoms with van der Waals surface area (Å²) in [4.78, 5) is 2.35. The molecule has 1 saturated heterocycles. The minimum atomic E-state index is 0.181. The molecular formula is C14H21N3O. The van der Waals surface area contributed by atoms with Crippen molar-refractivity contribution in [1.82, 2.24) is 0 Å². The van der Waals surface area contributed by atoms with Crippen LogP contribution in [-0.4, -0.2) is 24.1 Å². The predicted octanol–water partition coefficient (Wildman–Crippen LogP) is 2.18. The molecule has 18 heavy (non-hydrogen) atoms. The van der Waals surface area contributed by atoms with Crippen LogP contribution >= 0.6 is 0 Å². The Kier molecular flexibility index (Phi) is 3.45. The van der Waals surface area contributed by atoms with Crippen molar-refractivity contribution in [3.8, 4) is 0 Å². The summed E-state index contributed by atoms with van der Waals surface area (Å²) in [5.74, 6) is 1.52. The van der Waals surface area contributed by atoms with E-state index in [-0.39, 0.29) is 5.84 Å². The van der Waals surface area contributed by atoms with Gasteiger partial charge in [0.15, 0.2) is 5.84 Å². The second-order valence-electron chi connectivity index (χ2n) is 5.32. The number of nitrogens with two attached hydrogens (primary N) is 1. The molecule has 0 radical (unpaired) electrons. The number of rotatable bonds is 2. The second kappa shape index (κ2) is 4.88. The smallest absolute Gasteiger partial charge is 0.172 e. The van der Waals surface area contributed by atoms with Gasteiger partial charge in [-0.2, -0.15) is 0 Å². The predicted molar refractivity (Wildman–Crippen MR) is 74.2 cm³/mol. The van der Waals surface area contributed by atoms with Crippen molar-refractivity contribution in [1.29, 1.82) is 0 Å². The molecule has 0 aromatic heterocycles. The van der Waals surface area contributed by atoms with Crippen molar-refractivity contribution in [2.45, 2.75) is 20.8 Å². The molecule has 0 saturated carbocycles. The molecule has 0 aliphatic carbocycles. The van der Waals surface area contributed by atoms with Gasteiger partial charge in [0.1, 0.15) is 0 Å². The zero-order valence-electron chi connectivity index (χ0n) is 11.2. The Bertz CT molecular complexity index is 460. The lowest BCUT2D eigenvalue weighted by molar-refractivity contribution is 0.318. The zero-order chi connectivity index (χ0) is 13.3. The van der Waals surface area contributed by atoms with Crippen molar-refractivity contribution in [2.75, 3.05) is 18.0 Å². The van der Waals surface area contributed by atoms with E-state index in [9.17, 15) is 0 Å². The Balaban J connectivity index is 2.44. The Morgan fingerprint density at radius 3 is 2.50 bits per heavy atom. The van der Waals surface area contributed by atoms with Crippen LogP contribution in [0, 0.1) is 18.8 Å². The normalized spacial score (nSPS) is 24.6. The molecular weight excluding hydrogens is 226 g/mol. The topological polar surface area (TPSA) is 61.9 Å². The van der Waals surface area contributed by atoms with Crippen LogP contribution in [-0.2, 0) is 0 Å². The lowest BCUT2D eigenvalue weighted by Gasteiger charge is -2.23. The number of aryl methyl sites for hydroxylation is 1. The molecule has 2 atom stereocenters. The maximum atomic E-state index is 8.89. The molecule has 3 N–H and O–H groups in total. The molecule has 98 valence electrons. The third-order valence-electron chi connectivity index (χ3n) is 3.93. The molecule has 0 amide bonds. The minimum Gasteiger partial charge on any atom is -0.409 e. The van der Waals surface area contributed by atoms with Crippen LogP contribution in [0.15, 0.2) is 23.4 Å². The molecule has 1 heterocycles. The molecule has 1 fully saturated rings. The van der Waals surface area contributed by atoms with Crippen molar-refractivity contribution in [3.63, 3.8) is 0 Å². The molecule has 0 spiro atoms. The summed E-state index contributed by atoms with van der Waals surface area (Å²) in [6.07, 6.45) is 0. The molecule has 0 bridgehead atoms. The standard InChI is InChI=1S/C14H21N3O/c1-9-5-4-6-12(14(15)16-18)13(9)17-7-10(2)11(3)8-17/h4-6,10-11,18H,7-8H2,1-3H3,(H2,15,16). The fourth-order valence-electron chi connectivity index (χ4n) is 2.65. The third-order valence-corrected chi connectivity index (χ3v) is 3.93. The highest BCUT2D eigenvalue weighted by atomic mass is 16.4. The first-order chi connectivity index (χ1) is 8.54. The van der Waals surface area contributed by atoms with E-state index in [0.29, 0.717) is 11.8 Å². The van der Waals surface area contributed by atoms with E-state index in [4.69, 9.17) is 10.9 Å². The number of para-hydroxylation sites is 1. The third kappa shape index (κ3) is 2.15. The van der Waals surface area contributed by atoms with Crippen LogP contribution in [0.4, 0.5) is 5.69 Å². The van der Waals surface area contributed by atoms with Gasteiger partial charge >= 0.3 is 0 Å². The quantitative estimate of drug-likeness (QED) is 0.364. The fraction of sp³-hybridized carbons (Fsp3) is 0.500. The highest BCUT2D eigenvalue weighted by Crippen LogP contribution is 2.32. The van der Waals surface area contributed by atoms with E-state index in [2.05, 4.69) is 36.9 Å². The number of hydrogen-bond acceptors (Lipinski definition) is 3. The van der Waals surface area contributed by atoms with Gasteiger partial charge in [0.25, 0.3) is 0 Å². The summed E-state index contributed by atoms with van der Waals surface area (Å²) in [5.41, 5.74) is 8.86. The first-order valence-electron chi connectivity index (χ1n) is 6.37. The summed E-state index contributed by atoms with van der Waals surface area (Å²) in [7, 11) is 0. The monoisotopic (exact) mass is 247 g/mol. The minimum absolute atomic E-state index is 0.181. The van der Waals surface area contributed by atoms with Crippen molar-refractivity contribution >= 4 is 11.5 Å². The number of nitrogens with zero attached hydrogens (tertiary/aromatic N) is 2. The maximum absolute atomic E-state index is 8.89. The molecule has 2 unspecified atom stereocenters. The Labute approximate surface area is 108 Å². The van der Waals surface area contributed by atoms with Crippen LogP contribution in [0.3, 0.4) is 0 Å². The molecule has 1 aliphatic rings. The van der Waals surface area contributed by atoms with Crippen molar-refractivity contribution < 1.29 is 5.21 Å². The second-order valence-corrected chi connectivity index (χ2v) is 5.32. The summed E-state index contributed by atoms with van der Waals surface area (Å²) in [5, 5.41) is 12.0. The number of hydrogen-bond donors (Lipinski definition) is 2. The van der Waals surface area contributed by atoms with Crippen molar-refractivity contribution in [3.05, 3.63) is 29.3 Å². The van der Waals surface area contributed by atoms with Gasteiger partial charge in [0, 0.05) is 18.7 Å². The molecule has 1 aromatic rings. The van der Waals surface area contributed by atoms with Crippen LogP contribution in [0.25, 0.3) is 0 Å². The Morgan fingerprint density at radius 1 is 1.33 bits per heavy atom. The van der Waals surface area contributed by atoms with Crippen LogP contribution in [0.5, 0.6) is 0 Å². The average Bonchev–Trinajstić information content (AvgIpc) is 2.68. The van der Waals surface area contributed by atoms with Crippen molar-refractivity contribution in [2.24, 2.45) is 22.7 Å². The largest absolute Gasteiger partial charge is 0.409 e. The lowest BCUT2D eigenvalue weighted by Crippen LogP contribution is -2.25.